The van der Waals surface area contributed by atoms with E-state index < -0.39 is 0 Å². The van der Waals surface area contributed by atoms with Gasteiger partial charge in [-0.3, -0.25) is 4.79 Å². The molecule has 82 valence electrons. The fourth-order valence-corrected chi connectivity index (χ4v) is 1.77. The van der Waals surface area contributed by atoms with Gasteiger partial charge < -0.3 is 16.0 Å². The molecule has 1 saturated carbocycles. The molecule has 1 aliphatic carbocycles. The molecule has 0 aromatic rings. The number of likely N-dealkylation sites (N-methyl/N-ethyl adjacent to an activating group) is 2. The number of primary amides is 1. The van der Waals surface area contributed by atoms with Crippen molar-refractivity contribution in [3.63, 3.8) is 0 Å². The first-order valence-electron chi connectivity index (χ1n) is 5.38. The molecule has 1 aliphatic rings. The second-order valence-corrected chi connectivity index (χ2v) is 4.04. The lowest BCUT2D eigenvalue weighted by atomic mass is 9.91. The summed E-state index contributed by atoms with van der Waals surface area (Å²) in [7, 11) is 2.07. The van der Waals surface area contributed by atoms with Crippen molar-refractivity contribution < 1.29 is 4.79 Å². The van der Waals surface area contributed by atoms with E-state index in [1.165, 1.54) is 19.3 Å². The van der Waals surface area contributed by atoms with Crippen LogP contribution in [0, 0.1) is 0 Å². The van der Waals surface area contributed by atoms with Gasteiger partial charge in [0.25, 0.3) is 0 Å². The Morgan fingerprint density at radius 3 is 2.64 bits per heavy atom. The molecule has 0 heterocycles. The van der Waals surface area contributed by atoms with E-state index in [0.29, 0.717) is 6.04 Å². The van der Waals surface area contributed by atoms with Crippen molar-refractivity contribution in [1.82, 2.24) is 10.2 Å². The molecule has 0 saturated heterocycles. The van der Waals surface area contributed by atoms with Crippen LogP contribution in [-0.4, -0.2) is 43.0 Å². The van der Waals surface area contributed by atoms with Crippen LogP contribution in [-0.2, 0) is 4.79 Å². The number of hydrogen-bond donors (Lipinski definition) is 2. The van der Waals surface area contributed by atoms with Gasteiger partial charge in [0, 0.05) is 12.6 Å². The highest BCUT2D eigenvalue weighted by molar-refractivity contribution is 5.80. The molecule has 0 spiro atoms. The number of carbonyl (C=O) groups excluding carboxylic acids is 1. The Hall–Kier alpha value is -0.610. The van der Waals surface area contributed by atoms with Crippen LogP contribution in [0.4, 0.5) is 0 Å². The maximum Gasteiger partial charge on any atom is 0.235 e. The van der Waals surface area contributed by atoms with E-state index in [4.69, 9.17) is 5.73 Å². The second-order valence-electron chi connectivity index (χ2n) is 4.04. The van der Waals surface area contributed by atoms with Crippen LogP contribution in [0.25, 0.3) is 0 Å². The van der Waals surface area contributed by atoms with Crippen molar-refractivity contribution in [2.45, 2.75) is 38.3 Å². The minimum Gasteiger partial charge on any atom is -0.368 e. The quantitative estimate of drug-likeness (QED) is 0.630. The number of nitrogens with zero attached hydrogens (tertiary/aromatic N) is 1. The number of hydrogen-bond acceptors (Lipinski definition) is 3. The van der Waals surface area contributed by atoms with E-state index >= 15 is 0 Å². The van der Waals surface area contributed by atoms with Crippen LogP contribution in [0.2, 0.25) is 0 Å². The molecular formula is C10H21N3O. The van der Waals surface area contributed by atoms with Crippen LogP contribution < -0.4 is 11.1 Å². The Labute approximate surface area is 85.8 Å². The number of nitrogens with one attached hydrogen (secondary N) is 1. The van der Waals surface area contributed by atoms with Crippen molar-refractivity contribution >= 4 is 5.91 Å². The van der Waals surface area contributed by atoms with Crippen LogP contribution in [0.1, 0.15) is 26.2 Å². The minimum absolute atomic E-state index is 0.203. The molecule has 4 nitrogen and oxygen atoms in total. The molecule has 1 unspecified atom stereocenters. The predicted molar refractivity (Wildman–Crippen MR) is 56.9 cm³/mol. The minimum atomic E-state index is -0.252. The molecule has 0 bridgehead atoms. The predicted octanol–water partition coefficient (Wildman–Crippen LogP) is -0.0659. The monoisotopic (exact) mass is 199 g/mol. The molecule has 1 fully saturated rings. The van der Waals surface area contributed by atoms with Crippen LogP contribution in [0.15, 0.2) is 0 Å². The maximum atomic E-state index is 11.1. The largest absolute Gasteiger partial charge is 0.368 e. The Kier molecular flexibility index (Phi) is 4.35. The first-order valence-corrected chi connectivity index (χ1v) is 5.38. The molecule has 3 N–H and O–H groups in total. The van der Waals surface area contributed by atoms with Gasteiger partial charge in [-0.1, -0.05) is 13.3 Å². The summed E-state index contributed by atoms with van der Waals surface area (Å²) >= 11 is 0. The fourth-order valence-electron chi connectivity index (χ4n) is 1.77. The van der Waals surface area contributed by atoms with Gasteiger partial charge in [-0.05, 0) is 26.4 Å². The third-order valence-electron chi connectivity index (χ3n) is 2.96. The van der Waals surface area contributed by atoms with E-state index in [0.717, 1.165) is 13.1 Å². The standard InChI is InChI=1S/C10H21N3O/c1-3-12-9(10(11)14)7-13(2)8-5-4-6-8/h8-9,12H,3-7H2,1-2H3,(H2,11,14). The van der Waals surface area contributed by atoms with Gasteiger partial charge in [0.15, 0.2) is 0 Å². The van der Waals surface area contributed by atoms with Gasteiger partial charge in [-0.15, -0.1) is 0 Å². The molecule has 14 heavy (non-hydrogen) atoms. The summed E-state index contributed by atoms with van der Waals surface area (Å²) in [5, 5.41) is 3.10. The third-order valence-corrected chi connectivity index (χ3v) is 2.96. The SMILES string of the molecule is CCNC(CN(C)C1CCC1)C(N)=O. The highest BCUT2D eigenvalue weighted by Crippen LogP contribution is 2.23. The molecule has 0 aliphatic heterocycles. The van der Waals surface area contributed by atoms with Gasteiger partial charge >= 0.3 is 0 Å². The molecule has 1 amide bonds. The summed E-state index contributed by atoms with van der Waals surface area (Å²) in [6.07, 6.45) is 3.83. The van der Waals surface area contributed by atoms with Crippen LogP contribution in [0.3, 0.4) is 0 Å². The van der Waals surface area contributed by atoms with Gasteiger partial charge in [-0.2, -0.15) is 0 Å². The number of carbonyl (C=O) groups is 1. The molecule has 1 atom stereocenters. The topological polar surface area (TPSA) is 58.4 Å². The zero-order valence-electron chi connectivity index (χ0n) is 9.12. The Bertz CT molecular complexity index is 192. The molecule has 0 aromatic carbocycles. The molecule has 0 aromatic heterocycles. The van der Waals surface area contributed by atoms with E-state index in [-0.39, 0.29) is 11.9 Å². The van der Waals surface area contributed by atoms with Gasteiger partial charge in [-0.25, -0.2) is 0 Å². The summed E-state index contributed by atoms with van der Waals surface area (Å²) < 4.78 is 0. The normalized spacial score (nSPS) is 19.4. The smallest absolute Gasteiger partial charge is 0.235 e. The second kappa shape index (κ2) is 5.32. The molecule has 4 heteroatoms. The van der Waals surface area contributed by atoms with E-state index in [1.54, 1.807) is 0 Å². The van der Waals surface area contributed by atoms with Crippen molar-refractivity contribution in [2.24, 2.45) is 5.73 Å². The first-order chi connectivity index (χ1) is 6.65. The highest BCUT2D eigenvalue weighted by atomic mass is 16.1. The van der Waals surface area contributed by atoms with Crippen molar-refractivity contribution in [1.29, 1.82) is 0 Å². The van der Waals surface area contributed by atoms with E-state index in [1.807, 2.05) is 6.92 Å². The number of rotatable bonds is 6. The Morgan fingerprint density at radius 1 is 1.64 bits per heavy atom. The van der Waals surface area contributed by atoms with Crippen LogP contribution in [0.5, 0.6) is 0 Å². The molecule has 1 rings (SSSR count). The van der Waals surface area contributed by atoms with Gasteiger partial charge in [0.2, 0.25) is 5.91 Å². The average Bonchev–Trinajstić information content (AvgIpc) is 1.99. The summed E-state index contributed by atoms with van der Waals surface area (Å²) in [6, 6.07) is 0.459. The Balaban J connectivity index is 2.33. The maximum absolute atomic E-state index is 11.1. The molecular weight excluding hydrogens is 178 g/mol. The summed E-state index contributed by atoms with van der Waals surface area (Å²) in [5.41, 5.74) is 5.30. The highest BCUT2D eigenvalue weighted by Gasteiger charge is 2.25. The fraction of sp³-hybridized carbons (Fsp3) is 0.900. The van der Waals surface area contributed by atoms with Crippen molar-refractivity contribution in [2.75, 3.05) is 20.1 Å². The lowest BCUT2D eigenvalue weighted by molar-refractivity contribution is -0.120. The first kappa shape index (κ1) is 11.5. The summed E-state index contributed by atoms with van der Waals surface area (Å²) in [4.78, 5) is 13.3. The van der Waals surface area contributed by atoms with Crippen molar-refractivity contribution in [3.8, 4) is 0 Å². The van der Waals surface area contributed by atoms with E-state index in [2.05, 4.69) is 17.3 Å². The zero-order chi connectivity index (χ0) is 10.6. The number of amides is 1. The lowest BCUT2D eigenvalue weighted by Crippen LogP contribution is -2.51. The summed E-state index contributed by atoms with van der Waals surface area (Å²) in [5.74, 6) is -0.252. The zero-order valence-corrected chi connectivity index (χ0v) is 9.12. The lowest BCUT2D eigenvalue weighted by Gasteiger charge is -2.36. The van der Waals surface area contributed by atoms with Crippen molar-refractivity contribution in [3.05, 3.63) is 0 Å². The van der Waals surface area contributed by atoms with E-state index in [9.17, 15) is 4.79 Å². The third kappa shape index (κ3) is 2.96. The number of nitrogens with two attached hydrogens (primary N) is 1. The Morgan fingerprint density at radius 2 is 2.29 bits per heavy atom. The molecule has 0 radical (unpaired) electrons. The van der Waals surface area contributed by atoms with Gasteiger partial charge in [0.1, 0.15) is 0 Å². The van der Waals surface area contributed by atoms with Crippen LogP contribution >= 0.6 is 0 Å². The van der Waals surface area contributed by atoms with Gasteiger partial charge in [0.05, 0.1) is 6.04 Å². The average molecular weight is 199 g/mol. The summed E-state index contributed by atoms with van der Waals surface area (Å²) in [6.45, 7) is 3.50.